The van der Waals surface area contributed by atoms with Gasteiger partial charge in [-0.2, -0.15) is 0 Å². The molecule has 2 atom stereocenters. The van der Waals surface area contributed by atoms with E-state index in [4.69, 9.17) is 0 Å². The summed E-state index contributed by atoms with van der Waals surface area (Å²) in [6.07, 6.45) is 8.26. The quantitative estimate of drug-likeness (QED) is 0.0881. The third-order valence-corrected chi connectivity index (χ3v) is 13.9. The third-order valence-electron chi connectivity index (χ3n) is 13.9. The Hall–Kier alpha value is -6.18. The van der Waals surface area contributed by atoms with Crippen LogP contribution in [0, 0.1) is 0 Å². The van der Waals surface area contributed by atoms with Crippen LogP contribution in [0.1, 0.15) is 89.8 Å². The van der Waals surface area contributed by atoms with Gasteiger partial charge in [-0.3, -0.25) is 0 Å². The number of nitrogens with zero attached hydrogens (tertiary/aromatic N) is 1. The molecule has 306 valence electrons. The summed E-state index contributed by atoms with van der Waals surface area (Å²) in [4.78, 5) is 2.44. The van der Waals surface area contributed by atoms with Crippen LogP contribution in [-0.2, 0) is 17.3 Å². The van der Waals surface area contributed by atoms with Crippen molar-refractivity contribution >= 4 is 27.8 Å². The van der Waals surface area contributed by atoms with E-state index in [0.29, 0.717) is 0 Å². The fraction of sp³-hybridized carbons (Fsp3) is 0.233. The molecule has 8 aromatic rings. The molecule has 1 nitrogen and oxygen atoms in total. The SMILES string of the molecule is CCCCCCC(C)(c1ccc(N(c2ccc(CC)cc2)c2ccc(-c3ccc(-c4ccc5ccccc5c4)cc3)c(-c3ccccc3)c2)cc1)C(C)(CC)c1ccccc1. The van der Waals surface area contributed by atoms with Crippen LogP contribution in [0.25, 0.3) is 44.2 Å². The highest BCUT2D eigenvalue weighted by molar-refractivity contribution is 5.90. The monoisotopic (exact) mass is 795 g/mol. The molecule has 61 heavy (non-hydrogen) atoms. The summed E-state index contributed by atoms with van der Waals surface area (Å²) in [6, 6.07) is 72.3. The molecule has 0 amide bonds. The fourth-order valence-electron chi connectivity index (χ4n) is 9.66. The van der Waals surface area contributed by atoms with Crippen molar-refractivity contribution in [1.82, 2.24) is 0 Å². The lowest BCUT2D eigenvalue weighted by molar-refractivity contribution is 0.220. The van der Waals surface area contributed by atoms with Crippen LogP contribution in [0.3, 0.4) is 0 Å². The van der Waals surface area contributed by atoms with Crippen molar-refractivity contribution in [3.05, 3.63) is 211 Å². The molecule has 0 aliphatic heterocycles. The summed E-state index contributed by atoms with van der Waals surface area (Å²) in [5.74, 6) is 0. The molecule has 2 unspecified atom stereocenters. The Morgan fingerprint density at radius 1 is 0.393 bits per heavy atom. The standard InChI is InChI=1S/C60H61N/c1-6-9-10-19-42-60(5,59(4,8-3)52-24-15-12-16-25-52)53-34-38-55(39-35-53)61(54-36-26-45(7-2)27-37-54)56-40-41-57(58(44-56)48-21-13-11-14-22-48)49-31-28-47(29-32-49)51-33-30-46-20-17-18-23-50(46)43-51/h11-18,20-41,43-44H,6-10,19,42H2,1-5H3. The van der Waals surface area contributed by atoms with E-state index >= 15 is 0 Å². The van der Waals surface area contributed by atoms with Gasteiger partial charge in [-0.05, 0) is 123 Å². The summed E-state index contributed by atoms with van der Waals surface area (Å²) in [7, 11) is 0. The van der Waals surface area contributed by atoms with Gasteiger partial charge in [0, 0.05) is 27.9 Å². The first-order chi connectivity index (χ1) is 29.8. The number of fused-ring (bicyclic) bond motifs is 1. The maximum absolute atomic E-state index is 2.53. The molecule has 8 rings (SSSR count). The van der Waals surface area contributed by atoms with Crippen LogP contribution in [0.5, 0.6) is 0 Å². The van der Waals surface area contributed by atoms with Gasteiger partial charge in [-0.15, -0.1) is 0 Å². The number of benzene rings is 8. The molecule has 0 aromatic heterocycles. The van der Waals surface area contributed by atoms with Crippen molar-refractivity contribution in [2.75, 3.05) is 4.90 Å². The average Bonchev–Trinajstić information content (AvgIpc) is 3.33. The molecule has 0 heterocycles. The molecule has 0 aliphatic rings. The van der Waals surface area contributed by atoms with E-state index in [-0.39, 0.29) is 10.8 Å². The molecule has 0 N–H and O–H groups in total. The summed E-state index contributed by atoms with van der Waals surface area (Å²) in [6.45, 7) is 11.9. The predicted octanol–water partition coefficient (Wildman–Crippen LogP) is 17.5. The van der Waals surface area contributed by atoms with Gasteiger partial charge in [0.2, 0.25) is 0 Å². The topological polar surface area (TPSA) is 3.24 Å². The molecular weight excluding hydrogens is 735 g/mol. The molecule has 1 heteroatoms. The number of aryl methyl sites for hydroxylation is 1. The Balaban J connectivity index is 1.21. The number of hydrogen-bond acceptors (Lipinski definition) is 1. The Morgan fingerprint density at radius 3 is 1.61 bits per heavy atom. The van der Waals surface area contributed by atoms with E-state index in [1.807, 2.05) is 0 Å². The molecular formula is C60H61N. The zero-order chi connectivity index (χ0) is 42.2. The second-order valence-electron chi connectivity index (χ2n) is 17.3. The zero-order valence-corrected chi connectivity index (χ0v) is 36.9. The Kier molecular flexibility index (Phi) is 12.7. The van der Waals surface area contributed by atoms with Crippen LogP contribution in [0.4, 0.5) is 17.1 Å². The molecule has 0 saturated heterocycles. The van der Waals surface area contributed by atoms with Gasteiger partial charge in [0.1, 0.15) is 0 Å². The predicted molar refractivity (Wildman–Crippen MR) is 265 cm³/mol. The van der Waals surface area contributed by atoms with E-state index in [9.17, 15) is 0 Å². The van der Waals surface area contributed by atoms with Gasteiger partial charge in [-0.25, -0.2) is 0 Å². The molecule has 0 radical (unpaired) electrons. The molecule has 0 aliphatic carbocycles. The lowest BCUT2D eigenvalue weighted by Gasteiger charge is -2.48. The summed E-state index contributed by atoms with van der Waals surface area (Å²) < 4.78 is 0. The number of unbranched alkanes of at least 4 members (excludes halogenated alkanes) is 3. The van der Waals surface area contributed by atoms with Gasteiger partial charge < -0.3 is 4.90 Å². The first kappa shape index (κ1) is 41.5. The van der Waals surface area contributed by atoms with Crippen molar-refractivity contribution in [3.63, 3.8) is 0 Å². The Morgan fingerprint density at radius 2 is 0.951 bits per heavy atom. The zero-order valence-electron chi connectivity index (χ0n) is 36.9. The summed E-state index contributed by atoms with van der Waals surface area (Å²) >= 11 is 0. The second-order valence-corrected chi connectivity index (χ2v) is 17.3. The fourth-order valence-corrected chi connectivity index (χ4v) is 9.66. The average molecular weight is 796 g/mol. The maximum atomic E-state index is 2.53. The second kappa shape index (κ2) is 18.6. The van der Waals surface area contributed by atoms with E-state index in [2.05, 4.69) is 234 Å². The van der Waals surface area contributed by atoms with Crippen molar-refractivity contribution in [3.8, 4) is 33.4 Å². The van der Waals surface area contributed by atoms with Crippen LogP contribution in [0.15, 0.2) is 194 Å². The maximum Gasteiger partial charge on any atom is 0.0468 e. The van der Waals surface area contributed by atoms with Gasteiger partial charge in [0.15, 0.2) is 0 Å². The van der Waals surface area contributed by atoms with E-state index < -0.39 is 0 Å². The van der Waals surface area contributed by atoms with E-state index in [1.54, 1.807) is 0 Å². The Labute approximate surface area is 365 Å². The van der Waals surface area contributed by atoms with E-state index in [0.717, 1.165) is 36.3 Å². The molecule has 0 bridgehead atoms. The van der Waals surface area contributed by atoms with Crippen molar-refractivity contribution in [2.45, 2.75) is 90.4 Å². The van der Waals surface area contributed by atoms with Gasteiger partial charge in [-0.1, -0.05) is 212 Å². The van der Waals surface area contributed by atoms with Crippen molar-refractivity contribution < 1.29 is 0 Å². The minimum absolute atomic E-state index is 0.0221. The Bertz CT molecular complexity index is 2640. The molecule has 0 fully saturated rings. The first-order valence-electron chi connectivity index (χ1n) is 22.7. The lowest BCUT2D eigenvalue weighted by atomic mass is 9.56. The molecule has 0 spiro atoms. The molecule has 8 aromatic carbocycles. The van der Waals surface area contributed by atoms with Gasteiger partial charge >= 0.3 is 0 Å². The minimum Gasteiger partial charge on any atom is -0.310 e. The first-order valence-corrected chi connectivity index (χ1v) is 22.7. The van der Waals surface area contributed by atoms with Crippen LogP contribution >= 0.6 is 0 Å². The highest BCUT2D eigenvalue weighted by atomic mass is 15.1. The summed E-state index contributed by atoms with van der Waals surface area (Å²) in [5.41, 5.74) is 14.8. The summed E-state index contributed by atoms with van der Waals surface area (Å²) in [5, 5.41) is 2.53. The van der Waals surface area contributed by atoms with Gasteiger partial charge in [0.05, 0.1) is 0 Å². The minimum atomic E-state index is -0.0467. The van der Waals surface area contributed by atoms with E-state index in [1.165, 1.54) is 86.5 Å². The highest BCUT2D eigenvalue weighted by Gasteiger charge is 2.45. The van der Waals surface area contributed by atoms with Crippen LogP contribution < -0.4 is 4.90 Å². The van der Waals surface area contributed by atoms with Gasteiger partial charge in [0.25, 0.3) is 0 Å². The number of hydrogen-bond donors (Lipinski definition) is 0. The van der Waals surface area contributed by atoms with Crippen molar-refractivity contribution in [1.29, 1.82) is 0 Å². The number of rotatable bonds is 16. The third kappa shape index (κ3) is 8.58. The smallest absolute Gasteiger partial charge is 0.0468 e. The van der Waals surface area contributed by atoms with Crippen LogP contribution in [-0.4, -0.2) is 0 Å². The normalized spacial score (nSPS) is 13.4. The molecule has 0 saturated carbocycles. The largest absolute Gasteiger partial charge is 0.310 e. The lowest BCUT2D eigenvalue weighted by Crippen LogP contribution is -2.45. The van der Waals surface area contributed by atoms with Crippen molar-refractivity contribution in [2.24, 2.45) is 0 Å². The van der Waals surface area contributed by atoms with Crippen LogP contribution in [0.2, 0.25) is 0 Å². The highest BCUT2D eigenvalue weighted by Crippen LogP contribution is 2.50. The number of anilines is 3.